The van der Waals surface area contributed by atoms with Crippen molar-refractivity contribution in [3.8, 4) is 0 Å². The molecule has 1 N–H and O–H groups in total. The first-order valence-electron chi connectivity index (χ1n) is 8.36. The third-order valence-electron chi connectivity index (χ3n) is 4.00. The van der Waals surface area contributed by atoms with Crippen LogP contribution in [-0.2, 0) is 17.6 Å². The van der Waals surface area contributed by atoms with Gasteiger partial charge in [-0.15, -0.1) is 11.3 Å². The zero-order chi connectivity index (χ0) is 17.5. The number of carbonyl (C=O) groups excluding carboxylic acids is 1. The van der Waals surface area contributed by atoms with E-state index in [9.17, 15) is 4.79 Å². The second kappa shape index (κ2) is 8.53. The summed E-state index contributed by atoms with van der Waals surface area (Å²) in [5, 5.41) is 6.16. The molecule has 0 spiro atoms. The monoisotopic (exact) mass is 351 g/mol. The number of nitrogens with zero attached hydrogens (tertiary/aromatic N) is 2. The molecular formula is C20H21N3OS. The van der Waals surface area contributed by atoms with Gasteiger partial charge in [0.15, 0.2) is 0 Å². The highest BCUT2D eigenvalue weighted by molar-refractivity contribution is 7.09. The van der Waals surface area contributed by atoms with Gasteiger partial charge in [0.25, 0.3) is 0 Å². The van der Waals surface area contributed by atoms with Crippen molar-refractivity contribution in [2.24, 2.45) is 0 Å². The normalized spacial score (nSPS) is 11.9. The van der Waals surface area contributed by atoms with Crippen LogP contribution in [0.25, 0.3) is 0 Å². The lowest BCUT2D eigenvalue weighted by Gasteiger charge is -2.17. The van der Waals surface area contributed by atoms with Crippen LogP contribution in [0.3, 0.4) is 0 Å². The van der Waals surface area contributed by atoms with Crippen molar-refractivity contribution in [3.05, 3.63) is 82.1 Å². The Labute approximate surface area is 152 Å². The number of amides is 1. The summed E-state index contributed by atoms with van der Waals surface area (Å²) in [6.45, 7) is 2.58. The van der Waals surface area contributed by atoms with Crippen LogP contribution >= 0.6 is 11.3 Å². The quantitative estimate of drug-likeness (QED) is 0.708. The number of thiazole rings is 1. The highest BCUT2D eigenvalue weighted by Crippen LogP contribution is 2.20. The molecule has 1 unspecified atom stereocenters. The molecule has 1 amide bonds. The average molecular weight is 351 g/mol. The van der Waals surface area contributed by atoms with Gasteiger partial charge in [-0.3, -0.25) is 9.78 Å². The molecule has 0 fully saturated rings. The second-order valence-electron chi connectivity index (χ2n) is 5.89. The molecule has 0 radical (unpaired) electrons. The Kier molecular flexibility index (Phi) is 5.90. The minimum absolute atomic E-state index is 0.0313. The number of benzene rings is 1. The van der Waals surface area contributed by atoms with Gasteiger partial charge in [0, 0.05) is 36.7 Å². The van der Waals surface area contributed by atoms with Crippen LogP contribution in [0.1, 0.15) is 27.9 Å². The Morgan fingerprint density at radius 3 is 2.60 bits per heavy atom. The molecule has 2 aromatic heterocycles. The lowest BCUT2D eigenvalue weighted by Crippen LogP contribution is -2.32. The third kappa shape index (κ3) is 4.97. The summed E-state index contributed by atoms with van der Waals surface area (Å²) in [5.74, 6) is -0.211. The van der Waals surface area contributed by atoms with Crippen molar-refractivity contribution >= 4 is 17.2 Å². The van der Waals surface area contributed by atoms with Gasteiger partial charge < -0.3 is 5.32 Å². The summed E-state index contributed by atoms with van der Waals surface area (Å²) in [6.07, 6.45) is 3.10. The molecule has 2 heterocycles. The fourth-order valence-corrected chi connectivity index (χ4v) is 3.38. The lowest BCUT2D eigenvalue weighted by atomic mass is 9.93. The topological polar surface area (TPSA) is 54.9 Å². The number of nitrogens with one attached hydrogen (secondary N) is 1. The van der Waals surface area contributed by atoms with E-state index in [1.165, 1.54) is 0 Å². The molecule has 5 heteroatoms. The summed E-state index contributed by atoms with van der Waals surface area (Å²) in [5.41, 5.74) is 2.96. The van der Waals surface area contributed by atoms with Gasteiger partial charge in [-0.1, -0.05) is 36.4 Å². The van der Waals surface area contributed by atoms with Crippen LogP contribution in [0.2, 0.25) is 0 Å². The van der Waals surface area contributed by atoms with Gasteiger partial charge >= 0.3 is 0 Å². The molecule has 128 valence electrons. The maximum Gasteiger partial charge on any atom is 0.227 e. The zero-order valence-corrected chi connectivity index (χ0v) is 15.0. The van der Waals surface area contributed by atoms with Crippen LogP contribution in [0, 0.1) is 6.92 Å². The molecule has 1 atom stereocenters. The maximum absolute atomic E-state index is 12.8. The second-order valence-corrected chi connectivity index (χ2v) is 6.95. The van der Waals surface area contributed by atoms with Gasteiger partial charge in [0.05, 0.1) is 16.6 Å². The molecule has 0 saturated carbocycles. The molecule has 25 heavy (non-hydrogen) atoms. The molecule has 0 aliphatic heterocycles. The van der Waals surface area contributed by atoms with E-state index in [0.29, 0.717) is 13.0 Å². The van der Waals surface area contributed by atoms with Crippen molar-refractivity contribution < 1.29 is 4.79 Å². The third-order valence-corrected chi connectivity index (χ3v) is 4.83. The summed E-state index contributed by atoms with van der Waals surface area (Å²) in [7, 11) is 0. The van der Waals surface area contributed by atoms with E-state index in [0.717, 1.165) is 28.4 Å². The Bertz CT molecular complexity index is 802. The van der Waals surface area contributed by atoms with Gasteiger partial charge in [0.2, 0.25) is 5.91 Å². The van der Waals surface area contributed by atoms with Crippen LogP contribution in [-0.4, -0.2) is 22.4 Å². The van der Waals surface area contributed by atoms with E-state index in [1.54, 1.807) is 17.5 Å². The number of rotatable bonds is 7. The number of carbonyl (C=O) groups is 1. The van der Waals surface area contributed by atoms with Crippen molar-refractivity contribution in [3.63, 3.8) is 0 Å². The largest absolute Gasteiger partial charge is 0.355 e. The Hall–Kier alpha value is -2.53. The molecule has 3 rings (SSSR count). The van der Waals surface area contributed by atoms with E-state index in [2.05, 4.69) is 15.3 Å². The van der Waals surface area contributed by atoms with Crippen LogP contribution in [0.4, 0.5) is 0 Å². The smallest absolute Gasteiger partial charge is 0.227 e. The first-order valence-corrected chi connectivity index (χ1v) is 9.24. The predicted molar refractivity (Wildman–Crippen MR) is 101 cm³/mol. The van der Waals surface area contributed by atoms with Crippen LogP contribution in [0.5, 0.6) is 0 Å². The Balaban J connectivity index is 1.66. The maximum atomic E-state index is 12.8. The molecule has 0 aliphatic rings. The number of hydrogen-bond donors (Lipinski definition) is 1. The Morgan fingerprint density at radius 1 is 1.12 bits per heavy atom. The fourth-order valence-electron chi connectivity index (χ4n) is 2.74. The van der Waals surface area contributed by atoms with Gasteiger partial charge in [0.1, 0.15) is 0 Å². The number of pyridine rings is 1. The number of hydrogen-bond acceptors (Lipinski definition) is 4. The fraction of sp³-hybridized carbons (Fsp3) is 0.250. The molecule has 3 aromatic rings. The summed E-state index contributed by atoms with van der Waals surface area (Å²) in [6, 6.07) is 15.7. The molecule has 0 bridgehead atoms. The summed E-state index contributed by atoms with van der Waals surface area (Å²) in [4.78, 5) is 21.6. The summed E-state index contributed by atoms with van der Waals surface area (Å²) < 4.78 is 0. The minimum Gasteiger partial charge on any atom is -0.355 e. The van der Waals surface area contributed by atoms with Crippen molar-refractivity contribution in [2.45, 2.75) is 25.7 Å². The van der Waals surface area contributed by atoms with Crippen molar-refractivity contribution in [1.82, 2.24) is 15.3 Å². The first-order chi connectivity index (χ1) is 12.2. The SMILES string of the molecule is Cc1nc(CCNC(=O)C(Cc2ccccn2)c2ccccc2)cs1. The standard InChI is InChI=1S/C20H21N3OS/c1-15-23-18(14-25-15)10-12-22-20(24)19(16-7-3-2-4-8-16)13-17-9-5-6-11-21-17/h2-9,11,14,19H,10,12-13H2,1H3,(H,22,24). The average Bonchev–Trinajstić information content (AvgIpc) is 3.06. The zero-order valence-electron chi connectivity index (χ0n) is 14.2. The molecule has 1 aromatic carbocycles. The van der Waals surface area contributed by atoms with E-state index >= 15 is 0 Å². The first kappa shape index (κ1) is 17.3. The molecule has 0 saturated heterocycles. The molecule has 4 nitrogen and oxygen atoms in total. The predicted octanol–water partition coefficient (Wildman–Crippen LogP) is 3.53. The minimum atomic E-state index is -0.242. The Morgan fingerprint density at radius 2 is 1.92 bits per heavy atom. The number of aromatic nitrogens is 2. The van der Waals surface area contributed by atoms with Gasteiger partial charge in [-0.2, -0.15) is 0 Å². The van der Waals surface area contributed by atoms with E-state index < -0.39 is 0 Å². The molecule has 0 aliphatic carbocycles. The summed E-state index contributed by atoms with van der Waals surface area (Å²) >= 11 is 1.64. The van der Waals surface area contributed by atoms with Gasteiger partial charge in [-0.25, -0.2) is 4.98 Å². The highest BCUT2D eigenvalue weighted by Gasteiger charge is 2.21. The van der Waals surface area contributed by atoms with E-state index in [-0.39, 0.29) is 11.8 Å². The van der Waals surface area contributed by atoms with E-state index in [1.807, 2.05) is 60.8 Å². The lowest BCUT2D eigenvalue weighted by molar-refractivity contribution is -0.122. The van der Waals surface area contributed by atoms with Gasteiger partial charge in [-0.05, 0) is 24.6 Å². The van der Waals surface area contributed by atoms with Crippen LogP contribution < -0.4 is 5.32 Å². The van der Waals surface area contributed by atoms with Crippen molar-refractivity contribution in [1.29, 1.82) is 0 Å². The van der Waals surface area contributed by atoms with E-state index in [4.69, 9.17) is 0 Å². The van der Waals surface area contributed by atoms with Crippen LogP contribution in [0.15, 0.2) is 60.1 Å². The highest BCUT2D eigenvalue weighted by atomic mass is 32.1. The van der Waals surface area contributed by atoms with Crippen molar-refractivity contribution in [2.75, 3.05) is 6.54 Å². The molecular weight excluding hydrogens is 330 g/mol. The number of aryl methyl sites for hydroxylation is 1.